The van der Waals surface area contributed by atoms with Gasteiger partial charge in [0.05, 0.1) is 30.5 Å². The van der Waals surface area contributed by atoms with Crippen LogP contribution in [0.1, 0.15) is 21.8 Å². The van der Waals surface area contributed by atoms with Crippen LogP contribution < -0.4 is 10.1 Å². The summed E-state index contributed by atoms with van der Waals surface area (Å²) in [4.78, 5) is 28.2. The summed E-state index contributed by atoms with van der Waals surface area (Å²) in [5.41, 5.74) is 2.98. The largest absolute Gasteiger partial charge is 0.497 e. The zero-order valence-electron chi connectivity index (χ0n) is 15.6. The van der Waals surface area contributed by atoms with Crippen molar-refractivity contribution in [2.24, 2.45) is 0 Å². The summed E-state index contributed by atoms with van der Waals surface area (Å²) in [5, 5.41) is 5.71. The number of esters is 1. The van der Waals surface area contributed by atoms with Gasteiger partial charge in [0.2, 0.25) is 5.91 Å². The minimum atomic E-state index is -0.408. The second-order valence-electron chi connectivity index (χ2n) is 5.97. The maximum atomic E-state index is 12.2. The van der Waals surface area contributed by atoms with E-state index in [9.17, 15) is 9.59 Å². The van der Waals surface area contributed by atoms with Gasteiger partial charge in [-0.05, 0) is 48.5 Å². The third-order valence-corrected chi connectivity index (χ3v) is 5.00. The molecule has 3 aromatic rings. The molecule has 0 atom stereocenters. The third-order valence-electron chi connectivity index (χ3n) is 4.09. The molecule has 1 N–H and O–H groups in total. The molecule has 6 nitrogen and oxygen atoms in total. The van der Waals surface area contributed by atoms with E-state index in [1.807, 2.05) is 29.6 Å². The fraction of sp³-hybridized carbons (Fsp3) is 0.190. The number of ether oxygens (including phenoxy) is 2. The molecule has 28 heavy (non-hydrogen) atoms. The van der Waals surface area contributed by atoms with E-state index < -0.39 is 5.97 Å². The van der Waals surface area contributed by atoms with Crippen LogP contribution in [-0.2, 0) is 16.0 Å². The number of rotatable bonds is 7. The topological polar surface area (TPSA) is 77.5 Å². The molecule has 1 heterocycles. The van der Waals surface area contributed by atoms with Gasteiger partial charge in [-0.2, -0.15) is 0 Å². The molecule has 2 aromatic carbocycles. The molecular weight excluding hydrogens is 376 g/mol. The molecular formula is C21H20N2O4S. The quantitative estimate of drug-likeness (QED) is 0.606. The summed E-state index contributed by atoms with van der Waals surface area (Å²) in [5.74, 6) is 0.289. The number of hydrogen-bond acceptors (Lipinski definition) is 6. The van der Waals surface area contributed by atoms with Crippen molar-refractivity contribution in [3.63, 3.8) is 0 Å². The zero-order valence-corrected chi connectivity index (χ0v) is 16.4. The van der Waals surface area contributed by atoms with Crippen LogP contribution in [0.5, 0.6) is 5.75 Å². The van der Waals surface area contributed by atoms with Gasteiger partial charge in [-0.15, -0.1) is 11.3 Å². The number of thiazole rings is 1. The van der Waals surface area contributed by atoms with E-state index in [0.717, 1.165) is 22.0 Å². The van der Waals surface area contributed by atoms with Gasteiger partial charge in [-0.1, -0.05) is 0 Å². The number of anilines is 1. The van der Waals surface area contributed by atoms with E-state index >= 15 is 0 Å². The van der Waals surface area contributed by atoms with Gasteiger partial charge in [0.15, 0.2) is 0 Å². The lowest BCUT2D eigenvalue weighted by Crippen LogP contribution is -2.12. The highest BCUT2D eigenvalue weighted by Gasteiger charge is 2.09. The second kappa shape index (κ2) is 9.14. The lowest BCUT2D eigenvalue weighted by Gasteiger charge is -2.05. The van der Waals surface area contributed by atoms with Crippen LogP contribution >= 0.6 is 11.3 Å². The van der Waals surface area contributed by atoms with Crippen molar-refractivity contribution in [3.05, 3.63) is 64.5 Å². The minimum Gasteiger partial charge on any atom is -0.497 e. The van der Waals surface area contributed by atoms with Crippen LogP contribution in [0.15, 0.2) is 53.9 Å². The molecule has 3 rings (SSSR count). The Hall–Kier alpha value is -3.19. The van der Waals surface area contributed by atoms with Crippen LogP contribution in [0.25, 0.3) is 11.3 Å². The normalized spacial score (nSPS) is 10.4. The van der Waals surface area contributed by atoms with Crippen molar-refractivity contribution in [3.8, 4) is 17.0 Å². The van der Waals surface area contributed by atoms with Gasteiger partial charge in [0.1, 0.15) is 5.75 Å². The van der Waals surface area contributed by atoms with Crippen LogP contribution in [0.4, 0.5) is 5.69 Å². The molecule has 0 saturated heterocycles. The maximum absolute atomic E-state index is 12.2. The smallest absolute Gasteiger partial charge is 0.337 e. The molecule has 144 valence electrons. The third kappa shape index (κ3) is 4.95. The van der Waals surface area contributed by atoms with Gasteiger partial charge in [-0.25, -0.2) is 9.78 Å². The van der Waals surface area contributed by atoms with Gasteiger partial charge in [0.25, 0.3) is 0 Å². The van der Waals surface area contributed by atoms with Crippen molar-refractivity contribution >= 4 is 28.9 Å². The Bertz CT molecular complexity index is 949. The van der Waals surface area contributed by atoms with Crippen LogP contribution in [0, 0.1) is 0 Å². The summed E-state index contributed by atoms with van der Waals surface area (Å²) in [6, 6.07) is 14.3. The fourth-order valence-corrected chi connectivity index (χ4v) is 3.38. The second-order valence-corrected chi connectivity index (χ2v) is 6.91. The maximum Gasteiger partial charge on any atom is 0.337 e. The molecule has 1 amide bonds. The summed E-state index contributed by atoms with van der Waals surface area (Å²) >= 11 is 1.54. The number of hydrogen-bond donors (Lipinski definition) is 1. The first kappa shape index (κ1) is 19.6. The summed E-state index contributed by atoms with van der Waals surface area (Å²) < 4.78 is 9.81. The van der Waals surface area contributed by atoms with Crippen LogP contribution in [0.2, 0.25) is 0 Å². The number of carbonyl (C=O) groups excluding carboxylic acids is 2. The van der Waals surface area contributed by atoms with Crippen LogP contribution in [0.3, 0.4) is 0 Å². The van der Waals surface area contributed by atoms with Crippen LogP contribution in [-0.4, -0.2) is 31.1 Å². The Balaban J connectivity index is 1.53. The number of nitrogens with zero attached hydrogens (tertiary/aromatic N) is 1. The summed E-state index contributed by atoms with van der Waals surface area (Å²) in [6.45, 7) is 0. The number of amides is 1. The van der Waals surface area contributed by atoms with Gasteiger partial charge in [-0.3, -0.25) is 4.79 Å². The Kier molecular flexibility index (Phi) is 6.39. The number of carbonyl (C=O) groups is 2. The molecule has 1 aromatic heterocycles. The highest BCUT2D eigenvalue weighted by atomic mass is 32.1. The van der Waals surface area contributed by atoms with E-state index in [-0.39, 0.29) is 5.91 Å². The van der Waals surface area contributed by atoms with E-state index in [2.05, 4.69) is 15.0 Å². The molecule has 0 spiro atoms. The first-order chi connectivity index (χ1) is 13.6. The zero-order chi connectivity index (χ0) is 19.9. The molecule has 0 radical (unpaired) electrons. The monoisotopic (exact) mass is 396 g/mol. The molecule has 0 aliphatic carbocycles. The number of benzene rings is 2. The molecule has 0 bridgehead atoms. The highest BCUT2D eigenvalue weighted by molar-refractivity contribution is 7.09. The molecule has 0 aliphatic rings. The standard InChI is InChI=1S/C21H20N2O4S/c1-26-17-9-5-14(6-10-17)18-13-28-20(23-18)12-11-19(24)22-16-7-3-15(4-8-16)21(25)27-2/h3-10,13H,11-12H2,1-2H3,(H,22,24). The fourth-order valence-electron chi connectivity index (χ4n) is 2.57. The average Bonchev–Trinajstić information content (AvgIpc) is 3.21. The number of methoxy groups -OCH3 is 2. The Morgan fingerprint density at radius 1 is 1.04 bits per heavy atom. The molecule has 7 heteroatoms. The van der Waals surface area contributed by atoms with Crippen molar-refractivity contribution in [2.45, 2.75) is 12.8 Å². The summed E-state index contributed by atoms with van der Waals surface area (Å²) in [6.07, 6.45) is 0.890. The predicted octanol–water partition coefficient (Wildman–Crippen LogP) is 4.18. The van der Waals surface area contributed by atoms with E-state index in [1.165, 1.54) is 18.4 Å². The Morgan fingerprint density at radius 2 is 1.75 bits per heavy atom. The van der Waals surface area contributed by atoms with Crippen molar-refractivity contribution in [2.75, 3.05) is 19.5 Å². The average molecular weight is 396 g/mol. The SMILES string of the molecule is COC(=O)c1ccc(NC(=O)CCc2nc(-c3ccc(OC)cc3)cs2)cc1. The number of nitrogens with one attached hydrogen (secondary N) is 1. The molecule has 0 unspecified atom stereocenters. The summed E-state index contributed by atoms with van der Waals surface area (Å²) in [7, 11) is 2.96. The van der Waals surface area contributed by atoms with Gasteiger partial charge in [0, 0.05) is 29.5 Å². The number of aromatic nitrogens is 1. The predicted molar refractivity (Wildman–Crippen MR) is 109 cm³/mol. The van der Waals surface area contributed by atoms with Crippen molar-refractivity contribution < 1.29 is 19.1 Å². The van der Waals surface area contributed by atoms with E-state index in [0.29, 0.717) is 24.1 Å². The Labute approximate surface area is 167 Å². The lowest BCUT2D eigenvalue weighted by atomic mass is 10.2. The molecule has 0 aliphatic heterocycles. The van der Waals surface area contributed by atoms with Crippen molar-refractivity contribution in [1.29, 1.82) is 0 Å². The van der Waals surface area contributed by atoms with E-state index in [4.69, 9.17) is 4.74 Å². The van der Waals surface area contributed by atoms with Gasteiger partial charge >= 0.3 is 5.97 Å². The first-order valence-electron chi connectivity index (χ1n) is 8.66. The molecule has 0 saturated carbocycles. The first-order valence-corrected chi connectivity index (χ1v) is 9.54. The Morgan fingerprint density at radius 3 is 2.39 bits per heavy atom. The highest BCUT2D eigenvalue weighted by Crippen LogP contribution is 2.24. The molecule has 0 fully saturated rings. The minimum absolute atomic E-state index is 0.105. The van der Waals surface area contributed by atoms with Gasteiger partial charge < -0.3 is 14.8 Å². The van der Waals surface area contributed by atoms with Crippen molar-refractivity contribution in [1.82, 2.24) is 4.98 Å². The van der Waals surface area contributed by atoms with E-state index in [1.54, 1.807) is 31.4 Å². The number of aryl methyl sites for hydroxylation is 1. The lowest BCUT2D eigenvalue weighted by molar-refractivity contribution is -0.116.